The lowest BCUT2D eigenvalue weighted by Gasteiger charge is -2.01. The van der Waals surface area contributed by atoms with Gasteiger partial charge in [-0.1, -0.05) is 42.0 Å². The van der Waals surface area contributed by atoms with E-state index in [0.29, 0.717) is 4.99 Å². The Balaban J connectivity index is 2.55. The number of hydrogen-bond donors (Lipinski definition) is 1. The highest BCUT2D eigenvalue weighted by Gasteiger charge is 2.11. The number of aromatic nitrogens is 2. The maximum Gasteiger partial charge on any atom is 0.107 e. The van der Waals surface area contributed by atoms with Crippen LogP contribution in [0.25, 0.3) is 11.3 Å². The van der Waals surface area contributed by atoms with Crippen LogP contribution in [0.5, 0.6) is 0 Å². The summed E-state index contributed by atoms with van der Waals surface area (Å²) >= 11 is 5.01. The second-order valence-corrected chi connectivity index (χ2v) is 4.24. The molecule has 0 saturated heterocycles. The fourth-order valence-corrected chi connectivity index (χ4v) is 1.74. The van der Waals surface area contributed by atoms with Crippen molar-refractivity contribution in [2.45, 2.75) is 6.92 Å². The molecule has 4 heteroatoms. The SMILES string of the molecule is Cc1ccc(-c2nn(C)cc2C(N)=S)cc1. The molecule has 0 bridgehead atoms. The summed E-state index contributed by atoms with van der Waals surface area (Å²) in [5, 5.41) is 4.38. The minimum Gasteiger partial charge on any atom is -0.389 e. The average Bonchev–Trinajstić information content (AvgIpc) is 2.61. The second-order valence-electron chi connectivity index (χ2n) is 3.80. The fourth-order valence-electron chi connectivity index (χ4n) is 1.59. The lowest BCUT2D eigenvalue weighted by atomic mass is 10.1. The van der Waals surface area contributed by atoms with Crippen molar-refractivity contribution < 1.29 is 0 Å². The molecular formula is C12H13N3S. The third-order valence-corrected chi connectivity index (χ3v) is 2.64. The van der Waals surface area contributed by atoms with Gasteiger partial charge in [0, 0.05) is 18.8 Å². The first-order valence-corrected chi connectivity index (χ1v) is 5.39. The van der Waals surface area contributed by atoms with Gasteiger partial charge in [0.2, 0.25) is 0 Å². The Bertz CT molecular complexity index is 526. The number of thiocarbonyl (C=S) groups is 1. The molecule has 0 aliphatic heterocycles. The topological polar surface area (TPSA) is 43.8 Å². The van der Waals surface area contributed by atoms with Crippen molar-refractivity contribution >= 4 is 17.2 Å². The van der Waals surface area contributed by atoms with Gasteiger partial charge in [-0.15, -0.1) is 0 Å². The van der Waals surface area contributed by atoms with Gasteiger partial charge in [0.05, 0.1) is 5.56 Å². The Morgan fingerprint density at radius 2 is 1.94 bits per heavy atom. The van der Waals surface area contributed by atoms with Crippen LogP contribution in [0, 0.1) is 6.92 Å². The van der Waals surface area contributed by atoms with Gasteiger partial charge in [-0.2, -0.15) is 5.10 Å². The van der Waals surface area contributed by atoms with Gasteiger partial charge in [-0.05, 0) is 6.92 Å². The molecule has 1 aromatic heterocycles. The molecule has 1 aromatic carbocycles. The lowest BCUT2D eigenvalue weighted by Crippen LogP contribution is -2.09. The molecule has 0 aliphatic carbocycles. The summed E-state index contributed by atoms with van der Waals surface area (Å²) in [7, 11) is 1.86. The highest BCUT2D eigenvalue weighted by Crippen LogP contribution is 2.22. The van der Waals surface area contributed by atoms with Crippen LogP contribution < -0.4 is 5.73 Å². The molecule has 16 heavy (non-hydrogen) atoms. The van der Waals surface area contributed by atoms with Gasteiger partial charge in [0.1, 0.15) is 10.7 Å². The fraction of sp³-hybridized carbons (Fsp3) is 0.167. The predicted molar refractivity (Wildman–Crippen MR) is 69.3 cm³/mol. The maximum absolute atomic E-state index is 5.67. The third-order valence-electron chi connectivity index (χ3n) is 2.42. The number of rotatable bonds is 2. The van der Waals surface area contributed by atoms with Crippen molar-refractivity contribution in [2.75, 3.05) is 0 Å². The smallest absolute Gasteiger partial charge is 0.107 e. The van der Waals surface area contributed by atoms with Crippen LogP contribution >= 0.6 is 12.2 Å². The van der Waals surface area contributed by atoms with E-state index in [2.05, 4.69) is 12.0 Å². The molecule has 2 N–H and O–H groups in total. The Hall–Kier alpha value is -1.68. The Morgan fingerprint density at radius 3 is 2.50 bits per heavy atom. The van der Waals surface area contributed by atoms with Gasteiger partial charge in [-0.25, -0.2) is 0 Å². The van der Waals surface area contributed by atoms with E-state index in [4.69, 9.17) is 18.0 Å². The van der Waals surface area contributed by atoms with Crippen LogP contribution in [0.2, 0.25) is 0 Å². The Morgan fingerprint density at radius 1 is 1.31 bits per heavy atom. The number of hydrogen-bond acceptors (Lipinski definition) is 2. The molecule has 0 fully saturated rings. The first kappa shape index (κ1) is 10.8. The van der Waals surface area contributed by atoms with Gasteiger partial charge in [0.25, 0.3) is 0 Å². The minimum absolute atomic E-state index is 0.378. The Labute approximate surface area is 99.9 Å². The summed E-state index contributed by atoms with van der Waals surface area (Å²) in [5.74, 6) is 0. The van der Waals surface area contributed by atoms with Crippen LogP contribution in [0.4, 0.5) is 0 Å². The molecule has 2 aromatic rings. The van der Waals surface area contributed by atoms with E-state index < -0.39 is 0 Å². The van der Waals surface area contributed by atoms with Crippen molar-refractivity contribution in [1.29, 1.82) is 0 Å². The zero-order chi connectivity index (χ0) is 11.7. The van der Waals surface area contributed by atoms with E-state index in [1.807, 2.05) is 37.5 Å². The summed E-state index contributed by atoms with van der Waals surface area (Å²) in [6, 6.07) is 8.15. The van der Waals surface area contributed by atoms with Crippen LogP contribution in [0.15, 0.2) is 30.5 Å². The van der Waals surface area contributed by atoms with Crippen LogP contribution in [-0.2, 0) is 7.05 Å². The van der Waals surface area contributed by atoms with Crippen molar-refractivity contribution in [1.82, 2.24) is 9.78 Å². The molecule has 0 amide bonds. The standard InChI is InChI=1S/C12H13N3S/c1-8-3-5-9(6-4-8)11-10(12(13)16)7-15(2)14-11/h3-7H,1-2H3,(H2,13,16). The molecule has 0 atom stereocenters. The highest BCUT2D eigenvalue weighted by atomic mass is 32.1. The normalized spacial score (nSPS) is 10.4. The number of benzene rings is 1. The van der Waals surface area contributed by atoms with E-state index in [9.17, 15) is 0 Å². The number of nitrogens with two attached hydrogens (primary N) is 1. The first-order chi connectivity index (χ1) is 7.58. The summed E-state index contributed by atoms with van der Waals surface area (Å²) in [5.41, 5.74) is 9.59. The van der Waals surface area contributed by atoms with Crippen LogP contribution in [0.3, 0.4) is 0 Å². The summed E-state index contributed by atoms with van der Waals surface area (Å²) in [6.07, 6.45) is 1.84. The third kappa shape index (κ3) is 1.97. The van der Waals surface area contributed by atoms with E-state index in [-0.39, 0.29) is 0 Å². The van der Waals surface area contributed by atoms with Crippen molar-refractivity contribution in [2.24, 2.45) is 12.8 Å². The van der Waals surface area contributed by atoms with E-state index in [0.717, 1.165) is 16.8 Å². The number of aryl methyl sites for hydroxylation is 2. The largest absolute Gasteiger partial charge is 0.389 e. The zero-order valence-electron chi connectivity index (χ0n) is 9.27. The van der Waals surface area contributed by atoms with E-state index >= 15 is 0 Å². The van der Waals surface area contributed by atoms with Gasteiger partial charge >= 0.3 is 0 Å². The highest BCUT2D eigenvalue weighted by molar-refractivity contribution is 7.80. The molecule has 0 saturated carbocycles. The number of nitrogens with zero attached hydrogens (tertiary/aromatic N) is 2. The first-order valence-electron chi connectivity index (χ1n) is 4.98. The molecule has 0 aliphatic rings. The van der Waals surface area contributed by atoms with Crippen molar-refractivity contribution in [3.05, 3.63) is 41.6 Å². The van der Waals surface area contributed by atoms with Gasteiger partial charge in [-0.3, -0.25) is 4.68 Å². The summed E-state index contributed by atoms with van der Waals surface area (Å²) in [4.78, 5) is 0.378. The molecule has 0 radical (unpaired) electrons. The molecule has 0 unspecified atom stereocenters. The van der Waals surface area contributed by atoms with Crippen molar-refractivity contribution in [3.63, 3.8) is 0 Å². The van der Waals surface area contributed by atoms with Gasteiger partial charge in [0.15, 0.2) is 0 Å². The molecular weight excluding hydrogens is 218 g/mol. The maximum atomic E-state index is 5.67. The minimum atomic E-state index is 0.378. The quantitative estimate of drug-likeness (QED) is 0.804. The summed E-state index contributed by atoms with van der Waals surface area (Å²) < 4.78 is 1.73. The molecule has 2 rings (SSSR count). The summed E-state index contributed by atoms with van der Waals surface area (Å²) in [6.45, 7) is 2.05. The molecule has 82 valence electrons. The molecule has 3 nitrogen and oxygen atoms in total. The predicted octanol–water partition coefficient (Wildman–Crippen LogP) is 2.03. The van der Waals surface area contributed by atoms with E-state index in [1.165, 1.54) is 5.56 Å². The zero-order valence-corrected chi connectivity index (χ0v) is 10.1. The monoisotopic (exact) mass is 231 g/mol. The molecule has 0 spiro atoms. The van der Waals surface area contributed by atoms with Crippen molar-refractivity contribution in [3.8, 4) is 11.3 Å². The van der Waals surface area contributed by atoms with E-state index in [1.54, 1.807) is 4.68 Å². The van der Waals surface area contributed by atoms with Crippen LogP contribution in [-0.4, -0.2) is 14.8 Å². The average molecular weight is 231 g/mol. The molecule has 1 heterocycles. The van der Waals surface area contributed by atoms with Crippen LogP contribution in [0.1, 0.15) is 11.1 Å². The second kappa shape index (κ2) is 4.06. The lowest BCUT2D eigenvalue weighted by molar-refractivity contribution is 0.771. The Kier molecular flexibility index (Phi) is 2.75. The van der Waals surface area contributed by atoms with Gasteiger partial charge < -0.3 is 5.73 Å².